The summed E-state index contributed by atoms with van der Waals surface area (Å²) in [6.45, 7) is 14.3. The maximum absolute atomic E-state index is 10.3. The number of benzene rings is 2. The van der Waals surface area contributed by atoms with Crippen LogP contribution in [0.5, 0.6) is 11.5 Å². The van der Waals surface area contributed by atoms with E-state index in [0.29, 0.717) is 11.7 Å². The summed E-state index contributed by atoms with van der Waals surface area (Å²) in [6, 6.07) is 12.5. The van der Waals surface area contributed by atoms with Crippen molar-refractivity contribution in [1.29, 1.82) is 0 Å². The van der Waals surface area contributed by atoms with E-state index in [2.05, 4.69) is 32.0 Å². The van der Waals surface area contributed by atoms with Crippen LogP contribution in [-0.2, 0) is 12.8 Å². The summed E-state index contributed by atoms with van der Waals surface area (Å²) in [7, 11) is 0. The third-order valence-corrected chi connectivity index (χ3v) is 5.25. The van der Waals surface area contributed by atoms with Crippen molar-refractivity contribution in [3.05, 3.63) is 58.7 Å². The van der Waals surface area contributed by atoms with Crippen LogP contribution in [0.3, 0.4) is 0 Å². The molecule has 0 aromatic heterocycles. The van der Waals surface area contributed by atoms with Crippen molar-refractivity contribution in [2.75, 3.05) is 0 Å². The van der Waals surface area contributed by atoms with Gasteiger partial charge in [-0.05, 0) is 67.7 Å². The van der Waals surface area contributed by atoms with Gasteiger partial charge in [0.05, 0.1) is 0 Å². The fraction of sp³-hybridized carbons (Fsp3) is 0.538. The van der Waals surface area contributed by atoms with Gasteiger partial charge < -0.3 is 9.84 Å². The van der Waals surface area contributed by atoms with E-state index in [-0.39, 0.29) is 6.10 Å². The SMILES string of the molecule is CC.CC.CCCC1Cc2cccc(C)c2OC1CCc1cccc(C)c1O. The number of hydrogen-bond donors (Lipinski definition) is 1. The minimum Gasteiger partial charge on any atom is -0.507 e. The average molecular weight is 385 g/mol. The Morgan fingerprint density at radius 3 is 2.25 bits per heavy atom. The van der Waals surface area contributed by atoms with Crippen molar-refractivity contribution in [2.45, 2.75) is 86.7 Å². The van der Waals surface area contributed by atoms with Crippen LogP contribution in [0.1, 0.15) is 76.1 Å². The molecule has 3 rings (SSSR count). The predicted octanol–water partition coefficient (Wildman–Crippen LogP) is 7.41. The summed E-state index contributed by atoms with van der Waals surface area (Å²) in [5.74, 6) is 2.09. The molecule has 28 heavy (non-hydrogen) atoms. The van der Waals surface area contributed by atoms with E-state index in [1.165, 1.54) is 24.0 Å². The number of rotatable bonds is 5. The quantitative estimate of drug-likeness (QED) is 0.581. The van der Waals surface area contributed by atoms with E-state index in [4.69, 9.17) is 4.74 Å². The Bertz CT molecular complexity index is 706. The highest BCUT2D eigenvalue weighted by Gasteiger charge is 2.30. The molecule has 2 unspecified atom stereocenters. The van der Waals surface area contributed by atoms with Crippen LogP contribution in [0.15, 0.2) is 36.4 Å². The van der Waals surface area contributed by atoms with E-state index in [0.717, 1.165) is 36.1 Å². The molecule has 1 heterocycles. The van der Waals surface area contributed by atoms with E-state index < -0.39 is 0 Å². The van der Waals surface area contributed by atoms with Crippen LogP contribution in [0.4, 0.5) is 0 Å². The van der Waals surface area contributed by atoms with E-state index in [9.17, 15) is 5.11 Å². The number of hydrogen-bond acceptors (Lipinski definition) is 2. The van der Waals surface area contributed by atoms with Gasteiger partial charge in [-0.3, -0.25) is 0 Å². The van der Waals surface area contributed by atoms with E-state index in [1.807, 2.05) is 52.8 Å². The summed E-state index contributed by atoms with van der Waals surface area (Å²) in [5.41, 5.74) is 4.56. The van der Waals surface area contributed by atoms with Crippen molar-refractivity contribution in [3.8, 4) is 11.5 Å². The van der Waals surface area contributed by atoms with Gasteiger partial charge in [0.15, 0.2) is 0 Å². The summed E-state index contributed by atoms with van der Waals surface area (Å²) in [6.07, 6.45) is 5.53. The number of ether oxygens (including phenoxy) is 1. The second-order valence-electron chi connectivity index (χ2n) is 7.09. The molecule has 2 aromatic carbocycles. The maximum atomic E-state index is 10.3. The van der Waals surface area contributed by atoms with Gasteiger partial charge in [-0.15, -0.1) is 0 Å². The molecule has 0 bridgehead atoms. The minimum atomic E-state index is 0.235. The Balaban J connectivity index is 0.000000921. The predicted molar refractivity (Wildman–Crippen MR) is 122 cm³/mol. The van der Waals surface area contributed by atoms with E-state index >= 15 is 0 Å². The zero-order chi connectivity index (χ0) is 21.1. The van der Waals surface area contributed by atoms with Gasteiger partial charge in [-0.1, -0.05) is 77.4 Å². The minimum absolute atomic E-state index is 0.235. The van der Waals surface area contributed by atoms with E-state index in [1.54, 1.807) is 0 Å². The molecule has 0 saturated heterocycles. The van der Waals surface area contributed by atoms with Crippen molar-refractivity contribution >= 4 is 0 Å². The van der Waals surface area contributed by atoms with Crippen molar-refractivity contribution < 1.29 is 9.84 Å². The topological polar surface area (TPSA) is 29.5 Å². The largest absolute Gasteiger partial charge is 0.507 e. The second kappa shape index (κ2) is 12.5. The summed E-state index contributed by atoms with van der Waals surface area (Å²) in [5, 5.41) is 10.3. The van der Waals surface area contributed by atoms with Crippen LogP contribution < -0.4 is 4.74 Å². The van der Waals surface area contributed by atoms with Crippen LogP contribution in [0.25, 0.3) is 0 Å². The lowest BCUT2D eigenvalue weighted by atomic mass is 9.84. The monoisotopic (exact) mass is 384 g/mol. The number of fused-ring (bicyclic) bond motifs is 1. The molecule has 0 spiro atoms. The van der Waals surface area contributed by atoms with Gasteiger partial charge in [0.1, 0.15) is 17.6 Å². The Morgan fingerprint density at radius 2 is 1.57 bits per heavy atom. The first-order valence-corrected chi connectivity index (χ1v) is 11.1. The van der Waals surface area contributed by atoms with Crippen LogP contribution in [-0.4, -0.2) is 11.2 Å². The Labute approximate surface area is 173 Å². The molecule has 0 aliphatic carbocycles. The van der Waals surface area contributed by atoms with Crippen LogP contribution in [0, 0.1) is 19.8 Å². The molecule has 156 valence electrons. The summed E-state index contributed by atoms with van der Waals surface area (Å²) >= 11 is 0. The van der Waals surface area contributed by atoms with Crippen molar-refractivity contribution in [3.63, 3.8) is 0 Å². The van der Waals surface area contributed by atoms with Crippen molar-refractivity contribution in [1.82, 2.24) is 0 Å². The number of aromatic hydroxyl groups is 1. The number of phenolic OH excluding ortho intramolecular Hbond substituents is 1. The molecule has 1 aliphatic heterocycles. The standard InChI is InChI=1S/C22H28O2.2C2H6/c1-4-7-18-14-19-11-6-9-16(3)22(19)24-20(18)13-12-17-10-5-8-15(2)21(17)23;2*1-2/h5-6,8-11,18,20,23H,4,7,12-14H2,1-3H3;2*1-2H3. The molecule has 0 amide bonds. The molecular formula is C26H40O2. The Hall–Kier alpha value is -1.96. The smallest absolute Gasteiger partial charge is 0.125 e. The maximum Gasteiger partial charge on any atom is 0.125 e. The van der Waals surface area contributed by atoms with Gasteiger partial charge in [0.2, 0.25) is 0 Å². The highest BCUT2D eigenvalue weighted by molar-refractivity contribution is 5.43. The molecule has 1 N–H and O–H groups in total. The Morgan fingerprint density at radius 1 is 0.929 bits per heavy atom. The fourth-order valence-electron chi connectivity index (χ4n) is 3.88. The zero-order valence-corrected chi connectivity index (χ0v) is 19.0. The molecule has 2 aromatic rings. The zero-order valence-electron chi connectivity index (χ0n) is 19.0. The third kappa shape index (κ3) is 6.02. The molecule has 0 saturated carbocycles. The molecule has 2 nitrogen and oxygen atoms in total. The fourth-order valence-corrected chi connectivity index (χ4v) is 3.88. The highest BCUT2D eigenvalue weighted by Crippen LogP contribution is 2.37. The number of aryl methyl sites for hydroxylation is 3. The van der Waals surface area contributed by atoms with Gasteiger partial charge >= 0.3 is 0 Å². The molecule has 0 fully saturated rings. The first-order chi connectivity index (χ1) is 13.6. The lowest BCUT2D eigenvalue weighted by molar-refractivity contribution is 0.0977. The normalized spacial score (nSPS) is 17.2. The second-order valence-corrected chi connectivity index (χ2v) is 7.09. The van der Waals surface area contributed by atoms with Gasteiger partial charge in [0, 0.05) is 0 Å². The highest BCUT2D eigenvalue weighted by atomic mass is 16.5. The lowest BCUT2D eigenvalue weighted by Gasteiger charge is -2.34. The number of phenols is 1. The van der Waals surface area contributed by atoms with Crippen LogP contribution >= 0.6 is 0 Å². The summed E-state index contributed by atoms with van der Waals surface area (Å²) in [4.78, 5) is 0. The van der Waals surface area contributed by atoms with Gasteiger partial charge in [-0.25, -0.2) is 0 Å². The van der Waals surface area contributed by atoms with Crippen molar-refractivity contribution in [2.24, 2.45) is 5.92 Å². The van der Waals surface area contributed by atoms with Crippen LogP contribution in [0.2, 0.25) is 0 Å². The molecular weight excluding hydrogens is 344 g/mol. The molecule has 2 heteroatoms. The van der Waals surface area contributed by atoms with Gasteiger partial charge in [-0.2, -0.15) is 0 Å². The molecule has 2 atom stereocenters. The number of para-hydroxylation sites is 2. The first-order valence-electron chi connectivity index (χ1n) is 11.1. The Kier molecular flexibility index (Phi) is 10.7. The third-order valence-electron chi connectivity index (χ3n) is 5.25. The molecule has 1 aliphatic rings. The molecule has 0 radical (unpaired) electrons. The average Bonchev–Trinajstić information content (AvgIpc) is 2.73. The lowest BCUT2D eigenvalue weighted by Crippen LogP contribution is -2.33. The first kappa shape index (κ1) is 24.1. The summed E-state index contributed by atoms with van der Waals surface area (Å²) < 4.78 is 6.44. The van der Waals surface area contributed by atoms with Gasteiger partial charge in [0.25, 0.3) is 0 Å².